The summed E-state index contributed by atoms with van der Waals surface area (Å²) in [6, 6.07) is 0. The molecule has 1 N–H and O–H groups in total. The fourth-order valence-electron chi connectivity index (χ4n) is 1.10. The predicted molar refractivity (Wildman–Crippen MR) is 51.0 cm³/mol. The van der Waals surface area contributed by atoms with Gasteiger partial charge in [0.1, 0.15) is 10.8 Å². The van der Waals surface area contributed by atoms with Crippen molar-refractivity contribution in [2.24, 2.45) is 0 Å². The van der Waals surface area contributed by atoms with Crippen LogP contribution in [0.1, 0.15) is 35.1 Å². The largest absolute Gasteiger partial charge is 0.476 e. The number of hydrogen-bond donors (Lipinski definition) is 1. The van der Waals surface area contributed by atoms with E-state index in [1.165, 1.54) is 0 Å². The van der Waals surface area contributed by atoms with Gasteiger partial charge < -0.3 is 5.11 Å². The molecule has 0 spiro atoms. The summed E-state index contributed by atoms with van der Waals surface area (Å²) >= 11 is 11.3. The van der Waals surface area contributed by atoms with E-state index < -0.39 is 5.97 Å². The quantitative estimate of drug-likeness (QED) is 0.796. The summed E-state index contributed by atoms with van der Waals surface area (Å²) in [5.41, 5.74) is -0.214. The van der Waals surface area contributed by atoms with Gasteiger partial charge in [0.2, 0.25) is 0 Å². The van der Waals surface area contributed by atoms with Gasteiger partial charge in [-0.1, -0.05) is 23.2 Å². The smallest absolute Gasteiger partial charge is 0.356 e. The maximum absolute atomic E-state index is 10.7. The van der Waals surface area contributed by atoms with Gasteiger partial charge in [-0.25, -0.2) is 14.8 Å². The SMILES string of the molecule is O=C(O)c1nc(C2CC2)nc(Cl)c1Cl. The van der Waals surface area contributed by atoms with Gasteiger partial charge >= 0.3 is 5.97 Å². The topological polar surface area (TPSA) is 63.1 Å². The van der Waals surface area contributed by atoms with Crippen molar-refractivity contribution in [2.45, 2.75) is 18.8 Å². The van der Waals surface area contributed by atoms with Crippen LogP contribution < -0.4 is 0 Å². The normalized spacial score (nSPS) is 15.6. The van der Waals surface area contributed by atoms with Gasteiger partial charge in [-0.2, -0.15) is 0 Å². The second-order valence-electron chi connectivity index (χ2n) is 3.11. The summed E-state index contributed by atoms with van der Waals surface area (Å²) in [5.74, 6) is -0.444. The molecule has 14 heavy (non-hydrogen) atoms. The zero-order valence-corrected chi connectivity index (χ0v) is 8.51. The molecule has 2 rings (SSSR count). The average Bonchev–Trinajstić information content (AvgIpc) is 2.91. The minimum atomic E-state index is -1.18. The summed E-state index contributed by atoms with van der Waals surface area (Å²) in [6.45, 7) is 0. The van der Waals surface area contributed by atoms with Crippen LogP contribution in [-0.2, 0) is 0 Å². The molecule has 0 amide bonds. The molecule has 1 saturated carbocycles. The molecule has 1 fully saturated rings. The van der Waals surface area contributed by atoms with Gasteiger partial charge in [-0.05, 0) is 12.8 Å². The molecule has 0 aromatic carbocycles. The van der Waals surface area contributed by atoms with Gasteiger partial charge in [-0.3, -0.25) is 0 Å². The van der Waals surface area contributed by atoms with E-state index in [0.717, 1.165) is 12.8 Å². The third-order valence-corrected chi connectivity index (χ3v) is 2.70. The highest BCUT2D eigenvalue weighted by Crippen LogP contribution is 2.39. The third kappa shape index (κ3) is 1.67. The number of halogens is 2. The lowest BCUT2D eigenvalue weighted by atomic mass is 10.3. The highest BCUT2D eigenvalue weighted by molar-refractivity contribution is 6.42. The van der Waals surface area contributed by atoms with Gasteiger partial charge in [0.05, 0.1) is 0 Å². The lowest BCUT2D eigenvalue weighted by Crippen LogP contribution is -2.06. The molecule has 74 valence electrons. The fraction of sp³-hybridized carbons (Fsp3) is 0.375. The van der Waals surface area contributed by atoms with E-state index in [2.05, 4.69) is 9.97 Å². The standard InChI is InChI=1S/C8H6Cl2N2O2/c9-4-5(8(13)14)11-7(3-1-2-3)12-6(4)10/h3H,1-2H2,(H,13,14). The van der Waals surface area contributed by atoms with Crippen LogP contribution in [-0.4, -0.2) is 21.0 Å². The number of carbonyl (C=O) groups is 1. The summed E-state index contributed by atoms with van der Waals surface area (Å²) in [5, 5.41) is 8.70. The Labute approximate surface area is 89.9 Å². The Hall–Kier alpha value is -0.870. The van der Waals surface area contributed by atoms with E-state index in [1.54, 1.807) is 0 Å². The molecule has 0 unspecified atom stereocenters. The van der Waals surface area contributed by atoms with Crippen LogP contribution in [0.5, 0.6) is 0 Å². The van der Waals surface area contributed by atoms with Gasteiger partial charge in [0.25, 0.3) is 0 Å². The second kappa shape index (κ2) is 3.37. The lowest BCUT2D eigenvalue weighted by Gasteiger charge is -2.02. The Balaban J connectivity index is 2.51. The van der Waals surface area contributed by atoms with Crippen LogP contribution in [0.15, 0.2) is 0 Å². The highest BCUT2D eigenvalue weighted by Gasteiger charge is 2.29. The minimum Gasteiger partial charge on any atom is -0.476 e. The first-order chi connectivity index (χ1) is 6.59. The van der Waals surface area contributed by atoms with E-state index >= 15 is 0 Å². The van der Waals surface area contributed by atoms with Crippen LogP contribution in [0.25, 0.3) is 0 Å². The van der Waals surface area contributed by atoms with Crippen LogP contribution in [0.4, 0.5) is 0 Å². The first-order valence-electron chi connectivity index (χ1n) is 4.06. The maximum atomic E-state index is 10.7. The number of rotatable bonds is 2. The number of aromatic carboxylic acids is 1. The zero-order valence-electron chi connectivity index (χ0n) is 7.00. The molecule has 0 aliphatic heterocycles. The lowest BCUT2D eigenvalue weighted by molar-refractivity contribution is 0.0690. The molecule has 0 bridgehead atoms. The van der Waals surface area contributed by atoms with Crippen LogP contribution in [0.3, 0.4) is 0 Å². The van der Waals surface area contributed by atoms with Crippen molar-refractivity contribution in [2.75, 3.05) is 0 Å². The Kier molecular flexibility index (Phi) is 2.33. The van der Waals surface area contributed by atoms with Crippen LogP contribution >= 0.6 is 23.2 Å². The molecule has 1 aromatic heterocycles. The second-order valence-corrected chi connectivity index (χ2v) is 3.85. The molecular weight excluding hydrogens is 227 g/mol. The molecule has 0 atom stereocenters. The molecule has 0 radical (unpaired) electrons. The van der Waals surface area contributed by atoms with Crippen LogP contribution in [0.2, 0.25) is 10.2 Å². The zero-order chi connectivity index (χ0) is 10.3. The van der Waals surface area contributed by atoms with Crippen molar-refractivity contribution < 1.29 is 9.90 Å². The summed E-state index contributed by atoms with van der Waals surface area (Å²) in [4.78, 5) is 18.5. The molecule has 1 heterocycles. The van der Waals surface area contributed by atoms with Crippen molar-refractivity contribution >= 4 is 29.2 Å². The van der Waals surface area contributed by atoms with E-state index in [1.807, 2.05) is 0 Å². The first kappa shape index (κ1) is 9.68. The summed E-state index contributed by atoms with van der Waals surface area (Å²) < 4.78 is 0. The number of carboxylic acid groups (broad SMARTS) is 1. The Morgan fingerprint density at radius 1 is 1.36 bits per heavy atom. The van der Waals surface area contributed by atoms with Crippen molar-refractivity contribution in [3.63, 3.8) is 0 Å². The summed E-state index contributed by atoms with van der Waals surface area (Å²) in [7, 11) is 0. The highest BCUT2D eigenvalue weighted by atomic mass is 35.5. The molecule has 1 aromatic rings. The molecule has 6 heteroatoms. The molecule has 4 nitrogen and oxygen atoms in total. The Morgan fingerprint density at radius 2 is 2.00 bits per heavy atom. The van der Waals surface area contributed by atoms with E-state index in [4.69, 9.17) is 28.3 Å². The first-order valence-corrected chi connectivity index (χ1v) is 4.81. The van der Waals surface area contributed by atoms with Crippen molar-refractivity contribution in [3.8, 4) is 0 Å². The summed E-state index contributed by atoms with van der Waals surface area (Å²) in [6.07, 6.45) is 1.97. The van der Waals surface area contributed by atoms with Gasteiger partial charge in [0, 0.05) is 5.92 Å². The molecular formula is C8H6Cl2N2O2. The fourth-order valence-corrected chi connectivity index (χ4v) is 1.44. The predicted octanol–water partition coefficient (Wildman–Crippen LogP) is 2.36. The maximum Gasteiger partial charge on any atom is 0.356 e. The number of nitrogens with zero attached hydrogens (tertiary/aromatic N) is 2. The monoisotopic (exact) mass is 232 g/mol. The van der Waals surface area contributed by atoms with E-state index in [-0.39, 0.29) is 21.8 Å². The van der Waals surface area contributed by atoms with E-state index in [9.17, 15) is 4.79 Å². The van der Waals surface area contributed by atoms with Crippen LogP contribution in [0, 0.1) is 0 Å². The van der Waals surface area contributed by atoms with Crippen molar-refractivity contribution in [3.05, 3.63) is 21.7 Å². The molecule has 1 aliphatic carbocycles. The average molecular weight is 233 g/mol. The number of aromatic nitrogens is 2. The molecule has 1 aliphatic rings. The third-order valence-electron chi connectivity index (χ3n) is 1.97. The number of carboxylic acids is 1. The Bertz CT molecular complexity index is 405. The minimum absolute atomic E-state index is 0.0148. The van der Waals surface area contributed by atoms with Crippen molar-refractivity contribution in [1.29, 1.82) is 0 Å². The Morgan fingerprint density at radius 3 is 2.50 bits per heavy atom. The van der Waals surface area contributed by atoms with Gasteiger partial charge in [-0.15, -0.1) is 0 Å². The van der Waals surface area contributed by atoms with Crippen molar-refractivity contribution in [1.82, 2.24) is 9.97 Å². The molecule has 0 saturated heterocycles. The van der Waals surface area contributed by atoms with Gasteiger partial charge in [0.15, 0.2) is 10.8 Å². The number of hydrogen-bond acceptors (Lipinski definition) is 3. The van der Waals surface area contributed by atoms with E-state index in [0.29, 0.717) is 5.82 Å².